The number of rotatable bonds is 8. The Bertz CT molecular complexity index is 774. The Morgan fingerprint density at radius 2 is 1.30 bits per heavy atom. The van der Waals surface area contributed by atoms with Gasteiger partial charge in [-0.25, -0.2) is 0 Å². The molecule has 162 valence electrons. The van der Waals surface area contributed by atoms with Crippen LogP contribution < -0.4 is 10.6 Å². The summed E-state index contributed by atoms with van der Waals surface area (Å²) in [5.41, 5.74) is 5.26. The molecular formula is C25H37N5. The SMILES string of the molecule is CN=C(NCc1ccc(CN(C)C)cc1)NCc1ccc(CN2CCCCC2)cc1. The number of benzene rings is 2. The van der Waals surface area contributed by atoms with E-state index >= 15 is 0 Å². The third-order valence-electron chi connectivity index (χ3n) is 5.54. The molecule has 0 radical (unpaired) electrons. The van der Waals surface area contributed by atoms with Crippen molar-refractivity contribution in [3.63, 3.8) is 0 Å². The Balaban J connectivity index is 1.42. The molecule has 5 nitrogen and oxygen atoms in total. The molecule has 1 aliphatic heterocycles. The van der Waals surface area contributed by atoms with Gasteiger partial charge in [-0.2, -0.15) is 0 Å². The molecule has 1 heterocycles. The lowest BCUT2D eigenvalue weighted by atomic mass is 10.1. The van der Waals surface area contributed by atoms with Crippen LogP contribution in [-0.2, 0) is 26.2 Å². The van der Waals surface area contributed by atoms with E-state index in [-0.39, 0.29) is 0 Å². The summed E-state index contributed by atoms with van der Waals surface area (Å²) >= 11 is 0. The molecule has 0 atom stereocenters. The van der Waals surface area contributed by atoms with E-state index in [1.165, 1.54) is 54.6 Å². The smallest absolute Gasteiger partial charge is 0.191 e. The van der Waals surface area contributed by atoms with E-state index in [1.54, 1.807) is 0 Å². The van der Waals surface area contributed by atoms with Crippen LogP contribution >= 0.6 is 0 Å². The molecule has 1 saturated heterocycles. The van der Waals surface area contributed by atoms with Gasteiger partial charge in [0.25, 0.3) is 0 Å². The number of guanidine groups is 1. The second kappa shape index (κ2) is 11.7. The summed E-state index contributed by atoms with van der Waals surface area (Å²) < 4.78 is 0. The Morgan fingerprint density at radius 1 is 0.800 bits per heavy atom. The van der Waals surface area contributed by atoms with Gasteiger partial charge in [0, 0.05) is 33.2 Å². The highest BCUT2D eigenvalue weighted by atomic mass is 15.2. The maximum Gasteiger partial charge on any atom is 0.191 e. The minimum absolute atomic E-state index is 0.761. The topological polar surface area (TPSA) is 42.9 Å². The van der Waals surface area contributed by atoms with Crippen molar-refractivity contribution in [2.45, 2.75) is 45.4 Å². The van der Waals surface area contributed by atoms with Crippen LogP contribution in [0.2, 0.25) is 0 Å². The van der Waals surface area contributed by atoms with Crippen LogP contribution in [0.3, 0.4) is 0 Å². The molecule has 1 fully saturated rings. The minimum atomic E-state index is 0.761. The number of hydrogen-bond donors (Lipinski definition) is 2. The van der Waals surface area contributed by atoms with Gasteiger partial charge < -0.3 is 15.5 Å². The highest BCUT2D eigenvalue weighted by Gasteiger charge is 2.10. The Hall–Kier alpha value is -2.37. The van der Waals surface area contributed by atoms with Gasteiger partial charge >= 0.3 is 0 Å². The molecule has 0 aromatic heterocycles. The Kier molecular flexibility index (Phi) is 8.72. The monoisotopic (exact) mass is 407 g/mol. The first-order chi connectivity index (χ1) is 14.6. The lowest BCUT2D eigenvalue weighted by molar-refractivity contribution is 0.221. The van der Waals surface area contributed by atoms with Crippen LogP contribution in [0.5, 0.6) is 0 Å². The van der Waals surface area contributed by atoms with Crippen LogP contribution in [0.15, 0.2) is 53.5 Å². The van der Waals surface area contributed by atoms with Gasteiger partial charge in [0.2, 0.25) is 0 Å². The van der Waals surface area contributed by atoms with Crippen molar-refractivity contribution in [3.05, 3.63) is 70.8 Å². The second-order valence-corrected chi connectivity index (χ2v) is 8.49. The van der Waals surface area contributed by atoms with Crippen molar-refractivity contribution in [2.24, 2.45) is 4.99 Å². The molecule has 5 heteroatoms. The molecule has 0 aliphatic carbocycles. The van der Waals surface area contributed by atoms with E-state index < -0.39 is 0 Å². The number of aliphatic imine (C=N–C) groups is 1. The van der Waals surface area contributed by atoms with E-state index in [0.717, 1.165) is 32.1 Å². The molecular weight excluding hydrogens is 370 g/mol. The van der Waals surface area contributed by atoms with Crippen LogP contribution in [0, 0.1) is 0 Å². The fourth-order valence-electron chi connectivity index (χ4n) is 3.86. The summed E-state index contributed by atoms with van der Waals surface area (Å²) in [5.74, 6) is 0.824. The molecule has 0 unspecified atom stereocenters. The van der Waals surface area contributed by atoms with Gasteiger partial charge in [-0.05, 0) is 62.3 Å². The summed E-state index contributed by atoms with van der Waals surface area (Å²) in [6.07, 6.45) is 4.07. The number of nitrogens with one attached hydrogen (secondary N) is 2. The third kappa shape index (κ3) is 7.47. The minimum Gasteiger partial charge on any atom is -0.352 e. The zero-order valence-electron chi connectivity index (χ0n) is 18.8. The number of hydrogen-bond acceptors (Lipinski definition) is 3. The van der Waals surface area contributed by atoms with Gasteiger partial charge in [-0.1, -0.05) is 55.0 Å². The van der Waals surface area contributed by atoms with E-state index in [9.17, 15) is 0 Å². The van der Waals surface area contributed by atoms with Crippen molar-refractivity contribution in [2.75, 3.05) is 34.2 Å². The predicted octanol–water partition coefficient (Wildman–Crippen LogP) is 3.60. The molecule has 2 aromatic carbocycles. The molecule has 2 N–H and O–H groups in total. The fraction of sp³-hybridized carbons (Fsp3) is 0.480. The molecule has 0 spiro atoms. The van der Waals surface area contributed by atoms with Crippen molar-refractivity contribution in [1.29, 1.82) is 0 Å². The van der Waals surface area contributed by atoms with Crippen molar-refractivity contribution >= 4 is 5.96 Å². The number of likely N-dealkylation sites (tertiary alicyclic amines) is 1. The highest BCUT2D eigenvalue weighted by molar-refractivity contribution is 5.79. The first-order valence-electron chi connectivity index (χ1n) is 11.1. The summed E-state index contributed by atoms with van der Waals surface area (Å²) in [6, 6.07) is 17.7. The Labute approximate surface area is 182 Å². The normalized spacial score (nSPS) is 15.4. The summed E-state index contributed by atoms with van der Waals surface area (Å²) in [7, 11) is 6.00. The van der Waals surface area contributed by atoms with Gasteiger partial charge in [0.1, 0.15) is 0 Å². The predicted molar refractivity (Wildman–Crippen MR) is 126 cm³/mol. The van der Waals surface area contributed by atoms with Gasteiger partial charge in [0.15, 0.2) is 5.96 Å². The molecule has 0 amide bonds. The van der Waals surface area contributed by atoms with E-state index in [1.807, 2.05) is 7.05 Å². The Morgan fingerprint density at radius 3 is 1.80 bits per heavy atom. The summed E-state index contributed by atoms with van der Waals surface area (Å²) in [5, 5.41) is 6.82. The van der Waals surface area contributed by atoms with Crippen LogP contribution in [0.4, 0.5) is 0 Å². The molecule has 0 bridgehead atoms. The fourth-order valence-corrected chi connectivity index (χ4v) is 3.86. The zero-order valence-corrected chi connectivity index (χ0v) is 18.8. The zero-order chi connectivity index (χ0) is 21.2. The van der Waals surface area contributed by atoms with Crippen LogP contribution in [0.1, 0.15) is 41.5 Å². The number of nitrogens with zero attached hydrogens (tertiary/aromatic N) is 3. The van der Waals surface area contributed by atoms with Gasteiger partial charge in [-0.3, -0.25) is 9.89 Å². The van der Waals surface area contributed by atoms with Gasteiger partial charge in [-0.15, -0.1) is 0 Å². The van der Waals surface area contributed by atoms with Gasteiger partial charge in [0.05, 0.1) is 0 Å². The quantitative estimate of drug-likeness (QED) is 0.518. The standard InChI is InChI=1S/C25H37N5/c1-26-25(27-17-21-7-11-23(12-8-21)19-29(2)3)28-18-22-9-13-24(14-10-22)20-30-15-5-4-6-16-30/h7-14H,4-6,15-20H2,1-3H3,(H2,26,27,28). The maximum absolute atomic E-state index is 4.35. The average molecular weight is 408 g/mol. The lowest BCUT2D eigenvalue weighted by Gasteiger charge is -2.26. The average Bonchev–Trinajstić information content (AvgIpc) is 2.76. The molecule has 1 aliphatic rings. The third-order valence-corrected chi connectivity index (χ3v) is 5.54. The molecule has 0 saturated carbocycles. The lowest BCUT2D eigenvalue weighted by Crippen LogP contribution is -2.36. The van der Waals surface area contributed by atoms with Crippen LogP contribution in [-0.4, -0.2) is 50.0 Å². The maximum atomic E-state index is 4.35. The van der Waals surface area contributed by atoms with E-state index in [2.05, 4.69) is 88.1 Å². The highest BCUT2D eigenvalue weighted by Crippen LogP contribution is 2.13. The molecule has 30 heavy (non-hydrogen) atoms. The summed E-state index contributed by atoms with van der Waals surface area (Å²) in [6.45, 7) is 6.05. The van der Waals surface area contributed by atoms with Crippen molar-refractivity contribution < 1.29 is 0 Å². The molecule has 2 aromatic rings. The van der Waals surface area contributed by atoms with Crippen molar-refractivity contribution in [1.82, 2.24) is 20.4 Å². The van der Waals surface area contributed by atoms with E-state index in [0.29, 0.717) is 0 Å². The molecule has 3 rings (SSSR count). The van der Waals surface area contributed by atoms with Crippen LogP contribution in [0.25, 0.3) is 0 Å². The summed E-state index contributed by atoms with van der Waals surface area (Å²) in [4.78, 5) is 9.10. The largest absolute Gasteiger partial charge is 0.352 e. The first-order valence-corrected chi connectivity index (χ1v) is 11.1. The van der Waals surface area contributed by atoms with E-state index in [4.69, 9.17) is 0 Å². The van der Waals surface area contributed by atoms with Crippen molar-refractivity contribution in [3.8, 4) is 0 Å². The first kappa shape index (κ1) is 22.3. The number of piperidine rings is 1. The second-order valence-electron chi connectivity index (χ2n) is 8.49.